The molecule has 0 amide bonds. The van der Waals surface area contributed by atoms with Crippen molar-refractivity contribution < 1.29 is 9.72 Å². The van der Waals surface area contributed by atoms with Crippen molar-refractivity contribution >= 4 is 11.5 Å². The fraction of sp³-hybridized carbons (Fsp3) is 0.300. The molecule has 0 bridgehead atoms. The summed E-state index contributed by atoms with van der Waals surface area (Å²) in [6.07, 6.45) is 1.12. The van der Waals surface area contributed by atoms with Gasteiger partial charge in [0.1, 0.15) is 0 Å². The van der Waals surface area contributed by atoms with Gasteiger partial charge in [-0.3, -0.25) is 19.8 Å². The highest BCUT2D eigenvalue weighted by molar-refractivity contribution is 5.96. The van der Waals surface area contributed by atoms with E-state index in [0.717, 1.165) is 12.3 Å². The second-order valence-electron chi connectivity index (χ2n) is 3.41. The number of hydrogen-bond donors (Lipinski definition) is 1. The summed E-state index contributed by atoms with van der Waals surface area (Å²) in [5.41, 5.74) is -0.118. The Balaban J connectivity index is 2.72. The first-order valence-electron chi connectivity index (χ1n) is 4.90. The number of hydrogen-bond acceptors (Lipinski definition) is 6. The van der Waals surface area contributed by atoms with Gasteiger partial charge in [-0.1, -0.05) is 0 Å². The van der Waals surface area contributed by atoms with E-state index in [0.29, 0.717) is 0 Å². The molecule has 0 aromatic carbocycles. The maximum Gasteiger partial charge on any atom is 0.287 e. The predicted octanol–water partition coefficient (Wildman–Crippen LogP) is 0.455. The normalized spacial score (nSPS) is 9.72. The van der Waals surface area contributed by atoms with Crippen LogP contribution in [0.2, 0.25) is 0 Å². The van der Waals surface area contributed by atoms with Gasteiger partial charge in [-0.2, -0.15) is 10.5 Å². The molecule has 0 saturated heterocycles. The zero-order valence-electron chi connectivity index (χ0n) is 9.29. The van der Waals surface area contributed by atoms with Crippen LogP contribution in [-0.4, -0.2) is 40.2 Å². The molecule has 0 atom stereocenters. The molecule has 8 nitrogen and oxygen atoms in total. The van der Waals surface area contributed by atoms with Crippen molar-refractivity contribution in [2.45, 2.75) is 0 Å². The second-order valence-corrected chi connectivity index (χ2v) is 3.41. The van der Waals surface area contributed by atoms with Crippen LogP contribution in [0.1, 0.15) is 10.5 Å². The zero-order chi connectivity index (χ0) is 13.5. The van der Waals surface area contributed by atoms with E-state index in [9.17, 15) is 14.9 Å². The largest absolute Gasteiger partial charge is 0.353 e. The molecule has 0 radical (unpaired) electrons. The van der Waals surface area contributed by atoms with Gasteiger partial charge in [-0.25, -0.2) is 0 Å². The third kappa shape index (κ3) is 3.40. The molecule has 0 fully saturated rings. The van der Waals surface area contributed by atoms with Gasteiger partial charge < -0.3 is 4.98 Å². The van der Waals surface area contributed by atoms with Crippen LogP contribution in [0.4, 0.5) is 5.69 Å². The fourth-order valence-corrected chi connectivity index (χ4v) is 1.31. The van der Waals surface area contributed by atoms with Crippen molar-refractivity contribution in [1.82, 2.24) is 9.88 Å². The Labute approximate surface area is 102 Å². The minimum absolute atomic E-state index is 0.0535. The summed E-state index contributed by atoms with van der Waals surface area (Å²) in [7, 11) is 0. The van der Waals surface area contributed by atoms with Crippen molar-refractivity contribution in [3.05, 3.63) is 28.1 Å². The molecule has 0 saturated carbocycles. The maximum absolute atomic E-state index is 11.7. The summed E-state index contributed by atoms with van der Waals surface area (Å²) in [5, 5.41) is 27.5. The standard InChI is InChI=1S/C10H9N5O3/c11-1-3-14(4-2-12)7-10(16)9-5-8(6-13-9)15(17)18/h5-6,13H,3-4,7H2. The molecule has 0 aliphatic heterocycles. The minimum atomic E-state index is -0.615. The highest BCUT2D eigenvalue weighted by Crippen LogP contribution is 2.12. The van der Waals surface area contributed by atoms with Crippen molar-refractivity contribution in [2.75, 3.05) is 19.6 Å². The van der Waals surface area contributed by atoms with Crippen LogP contribution in [0.5, 0.6) is 0 Å². The maximum atomic E-state index is 11.7. The number of carbonyl (C=O) groups excluding carboxylic acids is 1. The van der Waals surface area contributed by atoms with E-state index in [1.807, 2.05) is 12.1 Å². The average molecular weight is 247 g/mol. The van der Waals surface area contributed by atoms with E-state index in [2.05, 4.69) is 4.98 Å². The summed E-state index contributed by atoms with van der Waals surface area (Å²) < 4.78 is 0. The number of aromatic nitrogens is 1. The van der Waals surface area contributed by atoms with Crippen LogP contribution in [0.25, 0.3) is 0 Å². The van der Waals surface area contributed by atoms with E-state index in [1.54, 1.807) is 0 Å². The minimum Gasteiger partial charge on any atom is -0.353 e. The third-order valence-corrected chi connectivity index (χ3v) is 2.13. The van der Waals surface area contributed by atoms with Crippen LogP contribution < -0.4 is 0 Å². The molecule has 8 heteroatoms. The molecule has 1 N–H and O–H groups in total. The molecular formula is C10H9N5O3. The number of nitrogens with zero attached hydrogens (tertiary/aromatic N) is 4. The molecule has 1 aromatic rings. The zero-order valence-corrected chi connectivity index (χ0v) is 9.29. The van der Waals surface area contributed by atoms with Crippen LogP contribution in [0, 0.1) is 32.8 Å². The van der Waals surface area contributed by atoms with Gasteiger partial charge in [-0.05, 0) is 0 Å². The Morgan fingerprint density at radius 3 is 2.50 bits per heavy atom. The van der Waals surface area contributed by atoms with Crippen molar-refractivity contribution in [2.24, 2.45) is 0 Å². The van der Waals surface area contributed by atoms with Crippen molar-refractivity contribution in [3.63, 3.8) is 0 Å². The number of nitrogens with one attached hydrogen (secondary N) is 1. The topological polar surface area (TPSA) is 127 Å². The molecular weight excluding hydrogens is 238 g/mol. The highest BCUT2D eigenvalue weighted by atomic mass is 16.6. The molecule has 1 heterocycles. The van der Waals surface area contributed by atoms with Crippen LogP contribution in [0.3, 0.4) is 0 Å². The van der Waals surface area contributed by atoms with Gasteiger partial charge in [0, 0.05) is 6.07 Å². The van der Waals surface area contributed by atoms with Gasteiger partial charge in [0.2, 0.25) is 0 Å². The lowest BCUT2D eigenvalue weighted by Crippen LogP contribution is -2.30. The molecule has 92 valence electrons. The smallest absolute Gasteiger partial charge is 0.287 e. The summed E-state index contributed by atoms with van der Waals surface area (Å²) in [6, 6.07) is 4.80. The predicted molar refractivity (Wildman–Crippen MR) is 59.4 cm³/mol. The number of ketones is 1. The van der Waals surface area contributed by atoms with Crippen molar-refractivity contribution in [1.29, 1.82) is 10.5 Å². The lowest BCUT2D eigenvalue weighted by molar-refractivity contribution is -0.384. The Bertz CT molecular complexity index is 520. The number of aromatic amines is 1. The first-order valence-corrected chi connectivity index (χ1v) is 4.90. The molecule has 18 heavy (non-hydrogen) atoms. The molecule has 0 spiro atoms. The van der Waals surface area contributed by atoms with E-state index < -0.39 is 10.7 Å². The first kappa shape index (κ1) is 13.4. The number of H-pyrrole nitrogens is 1. The summed E-state index contributed by atoms with van der Waals surface area (Å²) in [6.45, 7) is -0.247. The molecule has 0 aliphatic carbocycles. The Hall–Kier alpha value is -2.71. The first-order chi connectivity index (χ1) is 8.58. The van der Waals surface area contributed by atoms with Crippen molar-refractivity contribution in [3.8, 4) is 12.1 Å². The lowest BCUT2D eigenvalue weighted by atomic mass is 10.2. The number of Topliss-reactive ketones (excluding diaryl/α,β-unsaturated/α-hetero) is 1. The SMILES string of the molecule is N#CCN(CC#N)CC(=O)c1cc([N+](=O)[O-])c[nH]1. The van der Waals surface area contributed by atoms with Gasteiger partial charge in [0.25, 0.3) is 5.69 Å². The van der Waals surface area contributed by atoms with Gasteiger partial charge in [0.15, 0.2) is 5.78 Å². The molecule has 0 aliphatic rings. The van der Waals surface area contributed by atoms with Crippen LogP contribution in [0.15, 0.2) is 12.3 Å². The monoisotopic (exact) mass is 247 g/mol. The molecule has 1 rings (SSSR count). The van der Waals surface area contributed by atoms with E-state index in [-0.39, 0.29) is 31.0 Å². The number of carbonyl (C=O) groups is 1. The van der Waals surface area contributed by atoms with Gasteiger partial charge in [0.05, 0.1) is 48.6 Å². The Kier molecular flexibility index (Phi) is 4.55. The Morgan fingerprint density at radius 1 is 1.44 bits per heavy atom. The van der Waals surface area contributed by atoms with E-state index in [4.69, 9.17) is 10.5 Å². The van der Waals surface area contributed by atoms with E-state index in [1.165, 1.54) is 4.90 Å². The summed E-state index contributed by atoms with van der Waals surface area (Å²) >= 11 is 0. The highest BCUT2D eigenvalue weighted by Gasteiger charge is 2.17. The number of nitriles is 2. The average Bonchev–Trinajstić information content (AvgIpc) is 2.79. The van der Waals surface area contributed by atoms with E-state index >= 15 is 0 Å². The van der Waals surface area contributed by atoms with Gasteiger partial charge in [-0.15, -0.1) is 0 Å². The summed E-state index contributed by atoms with van der Waals surface area (Å²) in [4.78, 5) is 25.4. The fourth-order valence-electron chi connectivity index (χ4n) is 1.31. The molecule has 0 unspecified atom stereocenters. The summed E-state index contributed by atoms with van der Waals surface area (Å²) in [5.74, 6) is -0.409. The quantitative estimate of drug-likeness (QED) is 0.336. The molecule has 1 aromatic heterocycles. The Morgan fingerprint density at radius 2 is 2.06 bits per heavy atom. The third-order valence-electron chi connectivity index (χ3n) is 2.13. The second kappa shape index (κ2) is 6.13. The number of rotatable bonds is 6. The number of nitro groups is 1. The van der Waals surface area contributed by atoms with Crippen LogP contribution >= 0.6 is 0 Å². The van der Waals surface area contributed by atoms with Gasteiger partial charge >= 0.3 is 0 Å². The lowest BCUT2D eigenvalue weighted by Gasteiger charge is -2.12. The van der Waals surface area contributed by atoms with Crippen LogP contribution in [-0.2, 0) is 0 Å².